The third kappa shape index (κ3) is 6.45. The topological polar surface area (TPSA) is 120 Å². The van der Waals surface area contributed by atoms with Crippen LogP contribution < -0.4 is 15.8 Å². The Hall–Kier alpha value is -4.27. The maximum absolute atomic E-state index is 14.0. The number of hydrogen-bond donors (Lipinski definition) is 2. The SMILES string of the molecule is [C-]#[N+]c1c(N)nc(SCc2csc(Nc3cccc(F)c3F)n2)c(C#N)c1-c1ccc(OC[C@H]2COC(C)(C)O2)cc1. The first-order valence-corrected chi connectivity index (χ1v) is 14.5. The van der Waals surface area contributed by atoms with Crippen molar-refractivity contribution in [3.8, 4) is 22.9 Å². The monoisotopic (exact) mass is 606 g/mol. The molecule has 13 heteroatoms. The zero-order chi connectivity index (χ0) is 29.9. The first kappa shape index (κ1) is 29.2. The third-order valence-electron chi connectivity index (χ3n) is 6.14. The number of anilines is 3. The summed E-state index contributed by atoms with van der Waals surface area (Å²) in [7, 11) is 0. The van der Waals surface area contributed by atoms with Gasteiger partial charge >= 0.3 is 0 Å². The highest BCUT2D eigenvalue weighted by Gasteiger charge is 2.33. The number of pyridine rings is 1. The molecule has 1 aliphatic rings. The van der Waals surface area contributed by atoms with Gasteiger partial charge in [0.25, 0.3) is 0 Å². The van der Waals surface area contributed by atoms with Crippen molar-refractivity contribution in [1.82, 2.24) is 9.97 Å². The van der Waals surface area contributed by atoms with Crippen molar-refractivity contribution >= 4 is 45.4 Å². The lowest BCUT2D eigenvalue weighted by molar-refractivity contribution is -0.141. The minimum Gasteiger partial charge on any atom is -0.491 e. The minimum atomic E-state index is -0.990. The largest absolute Gasteiger partial charge is 0.491 e. The lowest BCUT2D eigenvalue weighted by Crippen LogP contribution is -2.25. The second-order valence-electron chi connectivity index (χ2n) is 9.57. The first-order chi connectivity index (χ1) is 20.2. The van der Waals surface area contributed by atoms with Crippen LogP contribution in [0.3, 0.4) is 0 Å². The average molecular weight is 607 g/mol. The van der Waals surface area contributed by atoms with Gasteiger partial charge in [0.1, 0.15) is 35.4 Å². The molecule has 0 aliphatic carbocycles. The van der Waals surface area contributed by atoms with Crippen molar-refractivity contribution in [3.63, 3.8) is 0 Å². The smallest absolute Gasteiger partial charge is 0.236 e. The lowest BCUT2D eigenvalue weighted by atomic mass is 10.00. The predicted octanol–water partition coefficient (Wildman–Crippen LogP) is 7.05. The number of nitrogen functional groups attached to an aromatic ring is 1. The van der Waals surface area contributed by atoms with E-state index < -0.39 is 17.4 Å². The Balaban J connectivity index is 1.32. The van der Waals surface area contributed by atoms with Crippen LogP contribution in [0.4, 0.5) is 31.1 Å². The molecule has 1 aliphatic heterocycles. The maximum Gasteiger partial charge on any atom is 0.236 e. The van der Waals surface area contributed by atoms with Gasteiger partial charge in [-0.05, 0) is 43.7 Å². The van der Waals surface area contributed by atoms with Gasteiger partial charge in [-0.2, -0.15) is 5.26 Å². The van der Waals surface area contributed by atoms with Gasteiger partial charge in [-0.15, -0.1) is 11.3 Å². The zero-order valence-corrected chi connectivity index (χ0v) is 24.1. The number of nitrogens with one attached hydrogen (secondary N) is 1. The van der Waals surface area contributed by atoms with Gasteiger partial charge in [0.2, 0.25) is 5.69 Å². The Morgan fingerprint density at radius 2 is 2.05 bits per heavy atom. The lowest BCUT2D eigenvalue weighted by Gasteiger charge is -2.17. The number of rotatable bonds is 9. The Kier molecular flexibility index (Phi) is 8.56. The number of ether oxygens (including phenoxy) is 3. The molecule has 0 spiro atoms. The van der Waals surface area contributed by atoms with Crippen molar-refractivity contribution in [2.75, 3.05) is 24.3 Å². The minimum absolute atomic E-state index is 0.00466. The molecule has 3 heterocycles. The number of nitriles is 1. The molecule has 2 aromatic carbocycles. The molecule has 1 saturated heterocycles. The fourth-order valence-electron chi connectivity index (χ4n) is 4.21. The highest BCUT2D eigenvalue weighted by atomic mass is 32.2. The second kappa shape index (κ2) is 12.3. The van der Waals surface area contributed by atoms with Crippen LogP contribution in [-0.4, -0.2) is 35.1 Å². The summed E-state index contributed by atoms with van der Waals surface area (Å²) >= 11 is 2.46. The summed E-state index contributed by atoms with van der Waals surface area (Å²) in [5.41, 5.74) is 8.05. The van der Waals surface area contributed by atoms with E-state index in [1.165, 1.54) is 35.2 Å². The van der Waals surface area contributed by atoms with Crippen LogP contribution in [-0.2, 0) is 15.2 Å². The van der Waals surface area contributed by atoms with Crippen molar-refractivity contribution in [2.45, 2.75) is 36.5 Å². The number of benzene rings is 2. The van der Waals surface area contributed by atoms with Crippen LogP contribution in [0.2, 0.25) is 0 Å². The Bertz CT molecular complexity index is 1700. The Morgan fingerprint density at radius 1 is 1.26 bits per heavy atom. The van der Waals surface area contributed by atoms with Crippen LogP contribution in [0.15, 0.2) is 52.9 Å². The van der Waals surface area contributed by atoms with E-state index in [1.54, 1.807) is 29.6 Å². The molecule has 4 aromatic rings. The predicted molar refractivity (Wildman–Crippen MR) is 157 cm³/mol. The molecule has 0 unspecified atom stereocenters. The van der Waals surface area contributed by atoms with Gasteiger partial charge in [-0.25, -0.2) is 23.6 Å². The van der Waals surface area contributed by atoms with Crippen LogP contribution in [0, 0.1) is 29.5 Å². The number of nitrogens with two attached hydrogens (primary N) is 1. The fourth-order valence-corrected chi connectivity index (χ4v) is 5.93. The zero-order valence-electron chi connectivity index (χ0n) is 22.5. The van der Waals surface area contributed by atoms with E-state index in [9.17, 15) is 14.0 Å². The number of hydrogen-bond acceptors (Lipinski definition) is 10. The molecule has 2 aromatic heterocycles. The van der Waals surface area contributed by atoms with Gasteiger partial charge in [-0.3, -0.25) is 0 Å². The molecule has 0 saturated carbocycles. The van der Waals surface area contributed by atoms with Crippen molar-refractivity contribution in [3.05, 3.63) is 82.2 Å². The van der Waals surface area contributed by atoms with Gasteiger partial charge in [0, 0.05) is 16.7 Å². The summed E-state index contributed by atoms with van der Waals surface area (Å²) in [5.74, 6) is -1.67. The van der Waals surface area contributed by atoms with Gasteiger partial charge in [0.05, 0.1) is 30.1 Å². The summed E-state index contributed by atoms with van der Waals surface area (Å²) in [6.07, 6.45) is -0.190. The summed E-state index contributed by atoms with van der Waals surface area (Å²) in [5, 5.41) is 15.4. The van der Waals surface area contributed by atoms with Crippen LogP contribution in [0.1, 0.15) is 25.1 Å². The van der Waals surface area contributed by atoms with E-state index >= 15 is 0 Å². The van der Waals surface area contributed by atoms with E-state index in [0.717, 1.165) is 6.07 Å². The number of halogens is 2. The van der Waals surface area contributed by atoms with Crippen LogP contribution in [0.5, 0.6) is 5.75 Å². The van der Waals surface area contributed by atoms with Crippen LogP contribution >= 0.6 is 23.1 Å². The van der Waals surface area contributed by atoms with Gasteiger partial charge in [-0.1, -0.05) is 30.0 Å². The molecule has 1 atom stereocenters. The first-order valence-electron chi connectivity index (χ1n) is 12.6. The Labute approximate surface area is 249 Å². The van der Waals surface area contributed by atoms with E-state index in [1.807, 2.05) is 13.8 Å². The number of thioether (sulfide) groups is 1. The molecule has 0 bridgehead atoms. The second-order valence-corrected chi connectivity index (χ2v) is 11.4. The normalized spacial score (nSPS) is 15.6. The van der Waals surface area contributed by atoms with Crippen molar-refractivity contribution in [1.29, 1.82) is 5.26 Å². The maximum atomic E-state index is 14.0. The number of aromatic nitrogens is 2. The molecule has 0 radical (unpaired) electrons. The number of nitrogens with zero attached hydrogens (tertiary/aromatic N) is 4. The Morgan fingerprint density at radius 3 is 2.74 bits per heavy atom. The standard InChI is InChI=1S/C29H24F2N6O3S2/c1-29(2)39-13-19(40-29)12-38-18-9-7-16(8-10-18)23-20(11-32)27(37-26(33)25(23)34-3)41-14-17-15-42-28(35-17)36-22-6-4-5-21(30)24(22)31/h4-10,15,19H,12-14H2,1-2H3,(H2,33,37)(H,35,36)/t19-/m0/s1. The molecule has 5 rings (SSSR count). The molecule has 42 heavy (non-hydrogen) atoms. The fraction of sp³-hybridized carbons (Fsp3) is 0.241. The summed E-state index contributed by atoms with van der Waals surface area (Å²) in [6.45, 7) is 12.1. The molecule has 3 N–H and O–H groups in total. The third-order valence-corrected chi connectivity index (χ3v) is 7.95. The van der Waals surface area contributed by atoms with E-state index in [-0.39, 0.29) is 28.9 Å². The average Bonchev–Trinajstić information content (AvgIpc) is 3.58. The highest BCUT2D eigenvalue weighted by molar-refractivity contribution is 7.98. The van der Waals surface area contributed by atoms with Crippen LogP contribution in [0.25, 0.3) is 16.0 Å². The molecule has 214 valence electrons. The molecular weight excluding hydrogens is 582 g/mol. The molecule has 9 nitrogen and oxygen atoms in total. The quantitative estimate of drug-likeness (QED) is 0.152. The van der Waals surface area contributed by atoms with Gasteiger partial charge < -0.3 is 25.3 Å². The summed E-state index contributed by atoms with van der Waals surface area (Å²) < 4.78 is 44.7. The molecule has 0 amide bonds. The number of thiazole rings is 1. The van der Waals surface area contributed by atoms with E-state index in [2.05, 4.69) is 26.2 Å². The molecule has 1 fully saturated rings. The van der Waals surface area contributed by atoms with Crippen molar-refractivity contribution < 1.29 is 23.0 Å². The summed E-state index contributed by atoms with van der Waals surface area (Å²) in [6, 6.07) is 13.1. The highest BCUT2D eigenvalue weighted by Crippen LogP contribution is 2.42. The van der Waals surface area contributed by atoms with E-state index in [0.29, 0.717) is 51.7 Å². The van der Waals surface area contributed by atoms with Gasteiger partial charge in [0.15, 0.2) is 22.6 Å². The van der Waals surface area contributed by atoms with E-state index in [4.69, 9.17) is 26.5 Å². The summed E-state index contributed by atoms with van der Waals surface area (Å²) in [4.78, 5) is 12.3. The van der Waals surface area contributed by atoms with Crippen molar-refractivity contribution in [2.24, 2.45) is 0 Å². The molecular formula is C29H24F2N6O3S2.